The van der Waals surface area contributed by atoms with Crippen molar-refractivity contribution >= 4 is 0 Å². The maximum atomic E-state index is 4.05. The smallest absolute Gasteiger partial charge is 0.0300 e. The Balaban J connectivity index is 2.36. The van der Waals surface area contributed by atoms with E-state index >= 15 is 0 Å². The van der Waals surface area contributed by atoms with E-state index in [0.717, 1.165) is 19.5 Å². The van der Waals surface area contributed by atoms with Gasteiger partial charge in [-0.25, -0.2) is 0 Å². The number of rotatable bonds is 5. The van der Waals surface area contributed by atoms with Crippen LogP contribution in [0.15, 0.2) is 31.1 Å². The van der Waals surface area contributed by atoms with E-state index in [-0.39, 0.29) is 0 Å². The Morgan fingerprint density at radius 2 is 2.46 bits per heavy atom. The van der Waals surface area contributed by atoms with Crippen LogP contribution < -0.4 is 5.32 Å². The lowest BCUT2D eigenvalue weighted by Gasteiger charge is -2.05. The van der Waals surface area contributed by atoms with Gasteiger partial charge in [0, 0.05) is 18.9 Å². The molecule has 0 bridgehead atoms. The van der Waals surface area contributed by atoms with Gasteiger partial charge in [0.2, 0.25) is 0 Å². The molecular weight excluding hydrogens is 160 g/mol. The molecule has 2 heteroatoms. The molecule has 13 heavy (non-hydrogen) atoms. The third kappa shape index (κ3) is 3.38. The normalized spacial score (nSPS) is 9.92. The highest BCUT2D eigenvalue weighted by Gasteiger charge is 1.95. The lowest BCUT2D eigenvalue weighted by Crippen LogP contribution is -2.14. The van der Waals surface area contributed by atoms with Gasteiger partial charge in [0.25, 0.3) is 0 Å². The molecule has 0 aliphatic heterocycles. The highest BCUT2D eigenvalue weighted by Crippen LogP contribution is 2.03. The largest absolute Gasteiger partial charge is 0.312 e. The van der Waals surface area contributed by atoms with E-state index in [1.54, 1.807) is 0 Å². The fourth-order valence-electron chi connectivity index (χ4n) is 1.13. The van der Waals surface area contributed by atoms with E-state index in [4.69, 9.17) is 0 Å². The average Bonchev–Trinajstić information content (AvgIpc) is 2.15. The van der Waals surface area contributed by atoms with Gasteiger partial charge in [-0.3, -0.25) is 4.98 Å². The topological polar surface area (TPSA) is 24.9 Å². The van der Waals surface area contributed by atoms with Crippen molar-refractivity contribution in [2.75, 3.05) is 6.54 Å². The van der Waals surface area contributed by atoms with E-state index in [1.807, 2.05) is 18.5 Å². The molecule has 1 N–H and O–H groups in total. The Kier molecular flexibility index (Phi) is 4.19. The quantitative estimate of drug-likeness (QED) is 0.548. The molecule has 1 aromatic heterocycles. The zero-order chi connectivity index (χ0) is 9.52. The van der Waals surface area contributed by atoms with Crippen molar-refractivity contribution in [3.8, 4) is 0 Å². The van der Waals surface area contributed by atoms with Crippen molar-refractivity contribution in [3.05, 3.63) is 42.2 Å². The molecule has 1 rings (SSSR count). The highest BCUT2D eigenvalue weighted by atomic mass is 14.8. The Morgan fingerprint density at radius 1 is 1.62 bits per heavy atom. The van der Waals surface area contributed by atoms with E-state index in [9.17, 15) is 0 Å². The Labute approximate surface area is 79.7 Å². The molecule has 1 aromatic rings. The SMILES string of the molecule is C=CCCNCc1ccncc1C. The summed E-state index contributed by atoms with van der Waals surface area (Å²) in [4.78, 5) is 4.05. The molecule has 0 aliphatic rings. The lowest BCUT2D eigenvalue weighted by atomic mass is 10.1. The first-order valence-corrected chi connectivity index (χ1v) is 4.55. The maximum absolute atomic E-state index is 4.05. The Hall–Kier alpha value is -1.15. The molecule has 0 aliphatic carbocycles. The number of hydrogen-bond acceptors (Lipinski definition) is 2. The van der Waals surface area contributed by atoms with Crippen LogP contribution in [0.1, 0.15) is 17.5 Å². The fraction of sp³-hybridized carbons (Fsp3) is 0.364. The second kappa shape index (κ2) is 5.49. The minimum Gasteiger partial charge on any atom is -0.312 e. The minimum absolute atomic E-state index is 0.919. The predicted octanol–water partition coefficient (Wildman–Crippen LogP) is 2.06. The van der Waals surface area contributed by atoms with E-state index in [2.05, 4.69) is 29.9 Å². The summed E-state index contributed by atoms with van der Waals surface area (Å²) >= 11 is 0. The molecular formula is C11H16N2. The molecule has 0 fully saturated rings. The maximum Gasteiger partial charge on any atom is 0.0300 e. The van der Waals surface area contributed by atoms with Crippen LogP contribution in [-0.4, -0.2) is 11.5 Å². The summed E-state index contributed by atoms with van der Waals surface area (Å²) in [7, 11) is 0. The second-order valence-corrected chi connectivity index (χ2v) is 3.06. The molecule has 0 saturated carbocycles. The van der Waals surface area contributed by atoms with Crippen LogP contribution in [0.5, 0.6) is 0 Å². The van der Waals surface area contributed by atoms with Crippen molar-refractivity contribution < 1.29 is 0 Å². The monoisotopic (exact) mass is 176 g/mol. The summed E-state index contributed by atoms with van der Waals surface area (Å²) in [6, 6.07) is 2.05. The number of pyridine rings is 1. The van der Waals surface area contributed by atoms with Crippen LogP contribution in [0, 0.1) is 6.92 Å². The van der Waals surface area contributed by atoms with Crippen molar-refractivity contribution in [2.45, 2.75) is 19.9 Å². The van der Waals surface area contributed by atoms with E-state index in [1.165, 1.54) is 11.1 Å². The Morgan fingerprint density at radius 3 is 3.15 bits per heavy atom. The summed E-state index contributed by atoms with van der Waals surface area (Å²) in [6.07, 6.45) is 6.67. The number of aryl methyl sites for hydroxylation is 1. The van der Waals surface area contributed by atoms with Crippen LogP contribution in [0.4, 0.5) is 0 Å². The van der Waals surface area contributed by atoms with Crippen LogP contribution in [0.3, 0.4) is 0 Å². The van der Waals surface area contributed by atoms with Crippen LogP contribution in [0.2, 0.25) is 0 Å². The third-order valence-corrected chi connectivity index (χ3v) is 1.98. The van der Waals surface area contributed by atoms with Crippen molar-refractivity contribution in [1.29, 1.82) is 0 Å². The lowest BCUT2D eigenvalue weighted by molar-refractivity contribution is 0.692. The van der Waals surface area contributed by atoms with Crippen LogP contribution in [0.25, 0.3) is 0 Å². The summed E-state index contributed by atoms with van der Waals surface area (Å²) in [5, 5.41) is 3.34. The average molecular weight is 176 g/mol. The molecule has 0 spiro atoms. The first-order valence-electron chi connectivity index (χ1n) is 4.55. The van der Waals surface area contributed by atoms with Gasteiger partial charge in [-0.15, -0.1) is 6.58 Å². The number of nitrogens with zero attached hydrogens (tertiary/aromatic N) is 1. The van der Waals surface area contributed by atoms with Gasteiger partial charge in [0.05, 0.1) is 0 Å². The first kappa shape index (κ1) is 9.93. The van der Waals surface area contributed by atoms with Crippen molar-refractivity contribution in [2.24, 2.45) is 0 Å². The molecule has 0 aromatic carbocycles. The molecule has 0 unspecified atom stereocenters. The van der Waals surface area contributed by atoms with Gasteiger partial charge in [-0.1, -0.05) is 6.08 Å². The summed E-state index contributed by atoms with van der Waals surface area (Å²) in [5.41, 5.74) is 2.56. The van der Waals surface area contributed by atoms with Crippen LogP contribution in [-0.2, 0) is 6.54 Å². The molecule has 70 valence electrons. The minimum atomic E-state index is 0.919. The molecule has 0 saturated heterocycles. The number of nitrogens with one attached hydrogen (secondary N) is 1. The summed E-state index contributed by atoms with van der Waals surface area (Å²) in [5.74, 6) is 0. The Bertz CT molecular complexity index is 269. The molecule has 2 nitrogen and oxygen atoms in total. The van der Waals surface area contributed by atoms with E-state index < -0.39 is 0 Å². The van der Waals surface area contributed by atoms with Gasteiger partial charge in [-0.05, 0) is 37.1 Å². The molecule has 0 atom stereocenters. The molecule has 0 radical (unpaired) electrons. The van der Waals surface area contributed by atoms with Gasteiger partial charge >= 0.3 is 0 Å². The zero-order valence-corrected chi connectivity index (χ0v) is 8.09. The second-order valence-electron chi connectivity index (χ2n) is 3.06. The standard InChI is InChI=1S/C11H16N2/c1-3-4-6-12-9-11-5-7-13-8-10(11)2/h3,5,7-8,12H,1,4,6,9H2,2H3. The fourth-order valence-corrected chi connectivity index (χ4v) is 1.13. The molecule has 1 heterocycles. The summed E-state index contributed by atoms with van der Waals surface area (Å²) < 4.78 is 0. The predicted molar refractivity (Wildman–Crippen MR) is 55.5 cm³/mol. The van der Waals surface area contributed by atoms with Crippen molar-refractivity contribution in [3.63, 3.8) is 0 Å². The number of hydrogen-bond donors (Lipinski definition) is 1. The number of aromatic nitrogens is 1. The molecule has 0 amide bonds. The van der Waals surface area contributed by atoms with Gasteiger partial charge in [0.15, 0.2) is 0 Å². The first-order chi connectivity index (χ1) is 6.34. The van der Waals surface area contributed by atoms with Gasteiger partial charge in [0.1, 0.15) is 0 Å². The van der Waals surface area contributed by atoms with Gasteiger partial charge in [-0.2, -0.15) is 0 Å². The summed E-state index contributed by atoms with van der Waals surface area (Å²) in [6.45, 7) is 7.66. The van der Waals surface area contributed by atoms with Crippen LogP contribution >= 0.6 is 0 Å². The van der Waals surface area contributed by atoms with E-state index in [0.29, 0.717) is 0 Å². The highest BCUT2D eigenvalue weighted by molar-refractivity contribution is 5.21. The van der Waals surface area contributed by atoms with Gasteiger partial charge < -0.3 is 5.32 Å². The van der Waals surface area contributed by atoms with Crippen molar-refractivity contribution in [1.82, 2.24) is 10.3 Å². The third-order valence-electron chi connectivity index (χ3n) is 1.98. The zero-order valence-electron chi connectivity index (χ0n) is 8.09.